The van der Waals surface area contributed by atoms with E-state index in [1.54, 1.807) is 63.6 Å². The Morgan fingerprint density at radius 1 is 0.933 bits per heavy atom. The number of rotatable bonds is 14. The van der Waals surface area contributed by atoms with Gasteiger partial charge in [0.25, 0.3) is 5.69 Å². The number of carbonyl (C=O) groups is 3. The highest BCUT2D eigenvalue weighted by Crippen LogP contribution is 2.40. The van der Waals surface area contributed by atoms with Crippen molar-refractivity contribution in [3.8, 4) is 5.75 Å². The molecule has 0 fully saturated rings. The molecule has 1 aliphatic rings. The quantitative estimate of drug-likeness (QED) is 0.0893. The molecule has 0 saturated heterocycles. The minimum absolute atomic E-state index is 0.00700. The molecular formula is C32H34N4O9. The van der Waals surface area contributed by atoms with Gasteiger partial charge in [-0.3, -0.25) is 10.1 Å². The molecule has 0 bridgehead atoms. The fourth-order valence-electron chi connectivity index (χ4n) is 4.82. The van der Waals surface area contributed by atoms with E-state index in [0.717, 1.165) is 0 Å². The number of nitro groups is 1. The molecule has 1 aromatic heterocycles. The Labute approximate surface area is 259 Å². The molecule has 0 spiro atoms. The highest BCUT2D eigenvalue weighted by molar-refractivity contribution is 6.00. The maximum atomic E-state index is 13.4. The van der Waals surface area contributed by atoms with Crippen LogP contribution < -0.4 is 10.1 Å². The Hall–Kier alpha value is -5.46. The van der Waals surface area contributed by atoms with E-state index in [1.807, 2.05) is 10.8 Å². The predicted octanol–water partition coefficient (Wildman–Crippen LogP) is 4.46. The van der Waals surface area contributed by atoms with Crippen molar-refractivity contribution < 1.29 is 38.3 Å². The number of esters is 3. The Bertz CT molecular complexity index is 1590. The van der Waals surface area contributed by atoms with Crippen LogP contribution in [0.1, 0.15) is 49.0 Å². The molecule has 4 rings (SSSR count). The molecule has 1 N–H and O–H groups in total. The van der Waals surface area contributed by atoms with E-state index in [1.165, 1.54) is 18.2 Å². The minimum Gasteiger partial charge on any atom is -0.492 e. The highest BCUT2D eigenvalue weighted by atomic mass is 16.6. The summed E-state index contributed by atoms with van der Waals surface area (Å²) in [7, 11) is 0. The molecule has 1 aliphatic heterocycles. The summed E-state index contributed by atoms with van der Waals surface area (Å²) in [5.41, 5.74) is 1.68. The van der Waals surface area contributed by atoms with Gasteiger partial charge in [0, 0.05) is 42.3 Å². The number of aromatic nitrogens is 2. The molecule has 2 heterocycles. The van der Waals surface area contributed by atoms with Gasteiger partial charge in [-0.1, -0.05) is 12.1 Å². The van der Waals surface area contributed by atoms with Crippen molar-refractivity contribution >= 4 is 23.6 Å². The number of non-ortho nitro benzene ring substituents is 1. The zero-order valence-electron chi connectivity index (χ0n) is 25.2. The third-order valence-electron chi connectivity index (χ3n) is 6.91. The number of carbonyl (C=O) groups excluding carboxylic acids is 3. The first-order chi connectivity index (χ1) is 21.7. The van der Waals surface area contributed by atoms with Crippen LogP contribution in [-0.4, -0.2) is 58.8 Å². The number of benzene rings is 2. The number of hydrogen-bond acceptors (Lipinski definition) is 11. The van der Waals surface area contributed by atoms with Gasteiger partial charge in [0.15, 0.2) is 0 Å². The number of hydrogen-bond donors (Lipinski definition) is 1. The minimum atomic E-state index is -0.964. The van der Waals surface area contributed by atoms with Gasteiger partial charge in [-0.15, -0.1) is 0 Å². The molecular weight excluding hydrogens is 584 g/mol. The van der Waals surface area contributed by atoms with Crippen LogP contribution in [0.5, 0.6) is 5.75 Å². The summed E-state index contributed by atoms with van der Waals surface area (Å²) < 4.78 is 23.7. The molecule has 0 radical (unpaired) electrons. The zero-order chi connectivity index (χ0) is 32.3. The maximum Gasteiger partial charge on any atom is 0.338 e. The van der Waals surface area contributed by atoms with Crippen molar-refractivity contribution in [1.82, 2.24) is 14.9 Å². The Kier molecular flexibility index (Phi) is 11.0. The van der Waals surface area contributed by atoms with E-state index in [9.17, 15) is 24.5 Å². The van der Waals surface area contributed by atoms with Crippen LogP contribution in [0.2, 0.25) is 0 Å². The van der Waals surface area contributed by atoms with Crippen LogP contribution in [-0.2, 0) is 30.3 Å². The average Bonchev–Trinajstić information content (AvgIpc) is 3.54. The molecule has 45 heavy (non-hydrogen) atoms. The molecule has 2 aromatic carbocycles. The summed E-state index contributed by atoms with van der Waals surface area (Å²) in [5, 5.41) is 14.5. The summed E-state index contributed by atoms with van der Waals surface area (Å²) in [6, 6.07) is 12.3. The largest absolute Gasteiger partial charge is 0.492 e. The summed E-state index contributed by atoms with van der Waals surface area (Å²) in [4.78, 5) is 53.8. The average molecular weight is 619 g/mol. The lowest BCUT2D eigenvalue weighted by Crippen LogP contribution is -2.32. The Morgan fingerprint density at radius 3 is 2.22 bits per heavy atom. The third kappa shape index (κ3) is 8.34. The van der Waals surface area contributed by atoms with E-state index < -0.39 is 28.7 Å². The first-order valence-corrected chi connectivity index (χ1v) is 14.3. The first kappa shape index (κ1) is 32.5. The standard InChI is InChI=1S/C32H34N4O9/c1-4-42-31(38)27-21(2)34-22(3)28(29(27)24-7-5-8-25(19-24)36(40)41)32(39)45-17-6-16-44-30(37)23-9-11-26(12-10-23)43-18-15-35-14-13-33-20-35/h5,7-14,19-20,29,34H,4,6,15-18H2,1-3H3. The van der Waals surface area contributed by atoms with E-state index in [2.05, 4.69) is 10.3 Å². The molecule has 3 aromatic rings. The van der Waals surface area contributed by atoms with Crippen LogP contribution in [0.25, 0.3) is 0 Å². The van der Waals surface area contributed by atoms with Crippen molar-refractivity contribution in [1.29, 1.82) is 0 Å². The molecule has 0 aliphatic carbocycles. The molecule has 13 heteroatoms. The molecule has 0 saturated carbocycles. The van der Waals surface area contributed by atoms with Crippen molar-refractivity contribution in [3.05, 3.63) is 111 Å². The van der Waals surface area contributed by atoms with Gasteiger partial charge in [0.2, 0.25) is 0 Å². The van der Waals surface area contributed by atoms with Gasteiger partial charge in [-0.05, 0) is 50.6 Å². The van der Waals surface area contributed by atoms with E-state index >= 15 is 0 Å². The first-order valence-electron chi connectivity index (χ1n) is 14.3. The smallest absolute Gasteiger partial charge is 0.338 e. The second-order valence-corrected chi connectivity index (χ2v) is 10.0. The summed E-state index contributed by atoms with van der Waals surface area (Å²) >= 11 is 0. The second-order valence-electron chi connectivity index (χ2n) is 10.0. The van der Waals surface area contributed by atoms with Gasteiger partial charge in [-0.2, -0.15) is 0 Å². The van der Waals surface area contributed by atoms with Gasteiger partial charge in [0.05, 0.1) is 60.2 Å². The highest BCUT2D eigenvalue weighted by Gasteiger charge is 2.38. The van der Waals surface area contributed by atoms with Crippen molar-refractivity contribution in [2.75, 3.05) is 26.4 Å². The normalized spacial score (nSPS) is 14.4. The SMILES string of the molecule is CCOC(=O)C1=C(C)NC(C)=C(C(=O)OCCCOC(=O)c2ccc(OCCn3ccnc3)cc2)C1c1cccc([N+](=O)[O-])c1. The van der Waals surface area contributed by atoms with Crippen LogP contribution in [0.4, 0.5) is 5.69 Å². The lowest BCUT2D eigenvalue weighted by molar-refractivity contribution is -0.384. The van der Waals surface area contributed by atoms with Gasteiger partial charge >= 0.3 is 17.9 Å². The molecule has 13 nitrogen and oxygen atoms in total. The van der Waals surface area contributed by atoms with Crippen molar-refractivity contribution in [2.45, 2.75) is 39.7 Å². The zero-order valence-corrected chi connectivity index (χ0v) is 25.2. The van der Waals surface area contributed by atoms with Gasteiger partial charge in [0.1, 0.15) is 12.4 Å². The van der Waals surface area contributed by atoms with Crippen LogP contribution in [0.3, 0.4) is 0 Å². The Balaban J connectivity index is 1.34. The predicted molar refractivity (Wildman–Crippen MR) is 161 cm³/mol. The van der Waals surface area contributed by atoms with Crippen LogP contribution in [0, 0.1) is 10.1 Å². The number of nitro benzene ring substituents is 1. The van der Waals surface area contributed by atoms with Crippen molar-refractivity contribution in [3.63, 3.8) is 0 Å². The number of allylic oxidation sites excluding steroid dienone is 2. The van der Waals surface area contributed by atoms with Gasteiger partial charge < -0.3 is 28.8 Å². The lowest BCUT2D eigenvalue weighted by atomic mass is 9.80. The van der Waals surface area contributed by atoms with E-state index in [4.69, 9.17) is 18.9 Å². The summed E-state index contributed by atoms with van der Waals surface area (Å²) in [6.45, 7) is 6.08. The molecule has 1 atom stereocenters. The molecule has 1 unspecified atom stereocenters. The topological polar surface area (TPSA) is 161 Å². The number of nitrogens with zero attached hydrogens (tertiary/aromatic N) is 3. The fraction of sp³-hybridized carbons (Fsp3) is 0.312. The molecule has 0 amide bonds. The monoisotopic (exact) mass is 618 g/mol. The second kappa shape index (κ2) is 15.3. The lowest BCUT2D eigenvalue weighted by Gasteiger charge is -2.30. The van der Waals surface area contributed by atoms with Crippen LogP contribution >= 0.6 is 0 Å². The Morgan fingerprint density at radius 2 is 1.60 bits per heavy atom. The van der Waals surface area contributed by atoms with Gasteiger partial charge in [-0.25, -0.2) is 19.4 Å². The number of nitrogens with one attached hydrogen (secondary N) is 1. The van der Waals surface area contributed by atoms with E-state index in [0.29, 0.717) is 41.4 Å². The number of dihydropyridines is 1. The number of imidazole rings is 1. The van der Waals surface area contributed by atoms with Crippen LogP contribution in [0.15, 0.2) is 89.8 Å². The van der Waals surface area contributed by atoms with Crippen molar-refractivity contribution in [2.24, 2.45) is 0 Å². The summed E-state index contributed by atoms with van der Waals surface area (Å²) in [6.07, 6.45) is 5.45. The summed E-state index contributed by atoms with van der Waals surface area (Å²) in [5.74, 6) is -2.27. The fourth-order valence-corrected chi connectivity index (χ4v) is 4.82. The molecule has 236 valence electrons. The number of ether oxygens (including phenoxy) is 4. The maximum absolute atomic E-state index is 13.4. The third-order valence-corrected chi connectivity index (χ3v) is 6.91. The van der Waals surface area contributed by atoms with E-state index in [-0.39, 0.29) is 43.1 Å².